The van der Waals surface area contributed by atoms with E-state index in [1.165, 1.54) is 6.08 Å². The second-order valence-corrected chi connectivity index (χ2v) is 7.27. The average Bonchev–Trinajstić information content (AvgIpc) is 2.87. The number of hydrogen-bond donors (Lipinski definition) is 4. The van der Waals surface area contributed by atoms with Crippen LogP contribution in [0.3, 0.4) is 0 Å². The molecule has 3 rings (SSSR count). The van der Waals surface area contributed by atoms with Gasteiger partial charge in [-0.1, -0.05) is 12.1 Å². The van der Waals surface area contributed by atoms with Crippen LogP contribution in [-0.4, -0.2) is 37.6 Å². The van der Waals surface area contributed by atoms with Crippen molar-refractivity contribution in [1.82, 2.24) is 0 Å². The van der Waals surface area contributed by atoms with Crippen LogP contribution in [0, 0.1) is 0 Å². The van der Waals surface area contributed by atoms with Crippen LogP contribution in [0.25, 0.3) is 6.08 Å². The van der Waals surface area contributed by atoms with E-state index in [2.05, 4.69) is 20.6 Å². The van der Waals surface area contributed by atoms with Crippen LogP contribution in [0.15, 0.2) is 88.9 Å². The summed E-state index contributed by atoms with van der Waals surface area (Å²) in [7, 11) is 3.24. The standard InChI is InChI=1S/C26H26N6O2.2ClH/c1-29-24(27)18-8-12-21(13-9-18)31-23(33)16-5-17-3-6-20(7-4-17)26(34)32-22-14-10-19(11-15-22)25(28)30-2;;/h3-16H,1-2H3,(H2,27,29)(H2,28,30)(H,31,33)(H,32,34);2*1H. The number of aliphatic imine (C=N–C) groups is 2. The minimum Gasteiger partial charge on any atom is -0.384 e. The van der Waals surface area contributed by atoms with Gasteiger partial charge in [0.2, 0.25) is 5.91 Å². The van der Waals surface area contributed by atoms with Crippen LogP contribution in [-0.2, 0) is 4.79 Å². The summed E-state index contributed by atoms with van der Waals surface area (Å²) in [5.41, 5.74) is 15.7. The highest BCUT2D eigenvalue weighted by atomic mass is 35.5. The molecule has 0 saturated carbocycles. The van der Waals surface area contributed by atoms with Crippen molar-refractivity contribution in [3.05, 3.63) is 101 Å². The van der Waals surface area contributed by atoms with E-state index in [0.29, 0.717) is 28.6 Å². The first-order chi connectivity index (χ1) is 16.4. The highest BCUT2D eigenvalue weighted by Crippen LogP contribution is 2.13. The Hall–Kier alpha value is -4.14. The number of carbonyl (C=O) groups is 2. The summed E-state index contributed by atoms with van der Waals surface area (Å²) in [5, 5.41) is 5.62. The molecule has 0 atom stereocenters. The molecule has 0 aliphatic carbocycles. The first-order valence-electron chi connectivity index (χ1n) is 10.5. The van der Waals surface area contributed by atoms with E-state index >= 15 is 0 Å². The minimum absolute atomic E-state index is 0. The zero-order valence-electron chi connectivity index (χ0n) is 19.8. The molecular weight excluding hydrogens is 499 g/mol. The highest BCUT2D eigenvalue weighted by molar-refractivity contribution is 6.05. The van der Waals surface area contributed by atoms with Gasteiger partial charge in [-0.15, -0.1) is 24.8 Å². The molecule has 0 radical (unpaired) electrons. The fourth-order valence-corrected chi connectivity index (χ4v) is 3.01. The van der Waals surface area contributed by atoms with Crippen LogP contribution in [0.5, 0.6) is 0 Å². The van der Waals surface area contributed by atoms with Crippen molar-refractivity contribution < 1.29 is 9.59 Å². The number of nitrogens with one attached hydrogen (secondary N) is 2. The van der Waals surface area contributed by atoms with Gasteiger partial charge in [0.05, 0.1) is 0 Å². The fraction of sp³-hybridized carbons (Fsp3) is 0.0769. The molecule has 0 heterocycles. The SMILES string of the molecule is CN=C(N)c1ccc(NC(=O)C=Cc2ccc(C(=O)Nc3ccc(C(N)=NC)cc3)cc2)cc1.Cl.Cl. The molecule has 6 N–H and O–H groups in total. The number of anilines is 2. The third-order valence-electron chi connectivity index (χ3n) is 4.97. The number of carbonyl (C=O) groups excluding carboxylic acids is 2. The molecule has 0 bridgehead atoms. The molecule has 0 saturated heterocycles. The summed E-state index contributed by atoms with van der Waals surface area (Å²) in [6.45, 7) is 0. The van der Waals surface area contributed by atoms with Crippen molar-refractivity contribution in [1.29, 1.82) is 0 Å². The normalized spacial score (nSPS) is 11.3. The Balaban J connectivity index is 0.00000324. The zero-order valence-corrected chi connectivity index (χ0v) is 21.4. The van der Waals surface area contributed by atoms with Crippen LogP contribution in [0.4, 0.5) is 11.4 Å². The van der Waals surface area contributed by atoms with Crippen molar-refractivity contribution in [2.24, 2.45) is 21.5 Å². The largest absolute Gasteiger partial charge is 0.384 e. The first kappa shape index (κ1) is 29.9. The number of nitrogens with zero attached hydrogens (tertiary/aromatic N) is 2. The third-order valence-corrected chi connectivity index (χ3v) is 4.97. The summed E-state index contributed by atoms with van der Waals surface area (Å²) in [6, 6.07) is 21.1. The van der Waals surface area contributed by atoms with Gasteiger partial charge in [-0.05, 0) is 72.3 Å². The fourth-order valence-electron chi connectivity index (χ4n) is 3.01. The second-order valence-electron chi connectivity index (χ2n) is 7.27. The second kappa shape index (κ2) is 14.3. The molecule has 0 aliphatic heterocycles. The molecule has 0 aliphatic rings. The molecule has 0 aromatic heterocycles. The molecule has 2 amide bonds. The van der Waals surface area contributed by atoms with Gasteiger partial charge in [0, 0.05) is 48.2 Å². The monoisotopic (exact) mass is 526 g/mol. The summed E-state index contributed by atoms with van der Waals surface area (Å²) in [6.07, 6.45) is 3.10. The van der Waals surface area contributed by atoms with Crippen molar-refractivity contribution in [2.75, 3.05) is 24.7 Å². The lowest BCUT2D eigenvalue weighted by Gasteiger charge is -2.07. The van der Waals surface area contributed by atoms with E-state index in [1.807, 2.05) is 0 Å². The minimum atomic E-state index is -0.274. The van der Waals surface area contributed by atoms with E-state index in [4.69, 9.17) is 11.5 Å². The Morgan fingerprint density at radius 1 is 0.667 bits per heavy atom. The maximum absolute atomic E-state index is 12.5. The van der Waals surface area contributed by atoms with E-state index in [-0.39, 0.29) is 36.6 Å². The predicted molar refractivity (Wildman–Crippen MR) is 153 cm³/mol. The van der Waals surface area contributed by atoms with E-state index < -0.39 is 0 Å². The molecule has 0 spiro atoms. The number of halogens is 2. The van der Waals surface area contributed by atoms with E-state index in [9.17, 15) is 9.59 Å². The smallest absolute Gasteiger partial charge is 0.255 e. The Morgan fingerprint density at radius 3 is 1.53 bits per heavy atom. The van der Waals surface area contributed by atoms with Crippen molar-refractivity contribution in [3.8, 4) is 0 Å². The van der Waals surface area contributed by atoms with Crippen LogP contribution in [0.1, 0.15) is 27.0 Å². The summed E-state index contributed by atoms with van der Waals surface area (Å²) >= 11 is 0. The molecule has 8 nitrogen and oxygen atoms in total. The lowest BCUT2D eigenvalue weighted by Crippen LogP contribution is -2.14. The third kappa shape index (κ3) is 8.26. The number of amidine groups is 2. The van der Waals surface area contributed by atoms with Crippen molar-refractivity contribution in [2.45, 2.75) is 0 Å². The molecule has 0 fully saturated rings. The highest BCUT2D eigenvalue weighted by Gasteiger charge is 2.07. The summed E-state index contributed by atoms with van der Waals surface area (Å²) in [4.78, 5) is 32.6. The van der Waals surface area contributed by atoms with Gasteiger partial charge >= 0.3 is 0 Å². The molecular formula is C26H28Cl2N6O2. The van der Waals surface area contributed by atoms with Gasteiger partial charge in [0.25, 0.3) is 5.91 Å². The van der Waals surface area contributed by atoms with E-state index in [0.717, 1.165) is 16.7 Å². The number of benzene rings is 3. The maximum Gasteiger partial charge on any atom is 0.255 e. The van der Waals surface area contributed by atoms with Gasteiger partial charge < -0.3 is 22.1 Å². The van der Waals surface area contributed by atoms with Crippen molar-refractivity contribution >= 4 is 65.8 Å². The number of hydrogen-bond acceptors (Lipinski definition) is 4. The predicted octanol–water partition coefficient (Wildman–Crippen LogP) is 4.10. The van der Waals surface area contributed by atoms with Crippen LogP contribution < -0.4 is 22.1 Å². The molecule has 3 aromatic rings. The Bertz CT molecular complexity index is 1250. The molecule has 10 heteroatoms. The van der Waals surface area contributed by atoms with Gasteiger partial charge in [0.15, 0.2) is 0 Å². The summed E-state index contributed by atoms with van der Waals surface area (Å²) < 4.78 is 0. The van der Waals surface area contributed by atoms with E-state index in [1.54, 1.807) is 93.0 Å². The van der Waals surface area contributed by atoms with Gasteiger partial charge in [-0.3, -0.25) is 19.6 Å². The first-order valence-corrected chi connectivity index (χ1v) is 10.5. The lowest BCUT2D eigenvalue weighted by atomic mass is 10.1. The topological polar surface area (TPSA) is 135 Å². The number of rotatable bonds is 7. The Morgan fingerprint density at radius 2 is 1.08 bits per heavy atom. The summed E-state index contributed by atoms with van der Waals surface area (Å²) in [5.74, 6) is 0.347. The van der Waals surface area contributed by atoms with Crippen LogP contribution >= 0.6 is 24.8 Å². The zero-order chi connectivity index (χ0) is 24.5. The quantitative estimate of drug-likeness (QED) is 0.209. The van der Waals surface area contributed by atoms with Gasteiger partial charge in [0.1, 0.15) is 11.7 Å². The molecule has 188 valence electrons. The lowest BCUT2D eigenvalue weighted by molar-refractivity contribution is -0.111. The Labute approximate surface area is 222 Å². The maximum atomic E-state index is 12.5. The van der Waals surface area contributed by atoms with Gasteiger partial charge in [-0.2, -0.15) is 0 Å². The molecule has 0 unspecified atom stereocenters. The van der Waals surface area contributed by atoms with Gasteiger partial charge in [-0.25, -0.2) is 0 Å². The van der Waals surface area contributed by atoms with Crippen molar-refractivity contribution in [3.63, 3.8) is 0 Å². The Kier molecular flexibility index (Phi) is 11.9. The van der Waals surface area contributed by atoms with Crippen LogP contribution in [0.2, 0.25) is 0 Å². The number of nitrogens with two attached hydrogens (primary N) is 2. The molecule has 36 heavy (non-hydrogen) atoms. The number of amides is 2. The average molecular weight is 527 g/mol. The molecule has 3 aromatic carbocycles.